The Kier molecular flexibility index (Phi) is 6.73. The number of carbonyl (C=O) groups excluding carboxylic acids is 5. The Morgan fingerprint density at radius 2 is 1.82 bits per heavy atom. The van der Waals surface area contributed by atoms with E-state index in [1.807, 2.05) is 31.2 Å². The molecule has 2 aromatic carbocycles. The summed E-state index contributed by atoms with van der Waals surface area (Å²) in [5.74, 6) is -4.48. The van der Waals surface area contributed by atoms with E-state index in [-0.39, 0.29) is 24.2 Å². The van der Waals surface area contributed by atoms with Crippen molar-refractivity contribution in [1.82, 2.24) is 4.90 Å². The van der Waals surface area contributed by atoms with E-state index in [9.17, 15) is 34.2 Å². The first-order valence-corrected chi connectivity index (χ1v) is 13.2. The van der Waals surface area contributed by atoms with Gasteiger partial charge in [-0.1, -0.05) is 30.9 Å². The van der Waals surface area contributed by atoms with Crippen LogP contribution in [-0.4, -0.2) is 69.9 Å². The largest absolute Gasteiger partial charge is 0.507 e. The summed E-state index contributed by atoms with van der Waals surface area (Å²) < 4.78 is 0. The molecule has 5 rings (SSSR count). The minimum atomic E-state index is -2.74. The van der Waals surface area contributed by atoms with Crippen molar-refractivity contribution in [3.8, 4) is 17.6 Å². The Hall–Kier alpha value is -4.13. The highest BCUT2D eigenvalue weighted by atomic mass is 16.3. The molecule has 9 nitrogen and oxygen atoms in total. The first-order chi connectivity index (χ1) is 18.9. The Morgan fingerprint density at radius 1 is 1.10 bits per heavy atom. The second kappa shape index (κ2) is 9.81. The highest BCUT2D eigenvalue weighted by molar-refractivity contribution is 6.32. The second-order valence-electron chi connectivity index (χ2n) is 11.1. The van der Waals surface area contributed by atoms with Crippen molar-refractivity contribution in [3.05, 3.63) is 64.2 Å². The van der Waals surface area contributed by atoms with Gasteiger partial charge in [0.05, 0.1) is 17.5 Å². The van der Waals surface area contributed by atoms with Gasteiger partial charge in [-0.3, -0.25) is 28.9 Å². The minimum Gasteiger partial charge on any atom is -0.507 e. The van der Waals surface area contributed by atoms with E-state index in [2.05, 4.69) is 11.8 Å². The number of phenolic OH excluding ortho intramolecular Hbond substituents is 1. The maximum absolute atomic E-state index is 13.9. The molecule has 6 atom stereocenters. The number of carbonyl (C=O) groups is 5. The van der Waals surface area contributed by atoms with Gasteiger partial charge in [0.2, 0.25) is 5.91 Å². The Labute approximate surface area is 231 Å². The van der Waals surface area contributed by atoms with Gasteiger partial charge in [-0.15, -0.1) is 0 Å². The smallest absolute Gasteiger partial charge is 0.235 e. The first-order valence-electron chi connectivity index (χ1n) is 13.2. The molecule has 3 aliphatic rings. The minimum absolute atomic E-state index is 0.00896. The highest BCUT2D eigenvalue weighted by Crippen LogP contribution is 2.50. The van der Waals surface area contributed by atoms with Gasteiger partial charge in [-0.25, -0.2) is 0 Å². The van der Waals surface area contributed by atoms with E-state index in [0.717, 1.165) is 17.5 Å². The van der Waals surface area contributed by atoms with E-state index in [1.165, 1.54) is 11.0 Å². The van der Waals surface area contributed by atoms with Crippen LogP contribution in [0, 0.1) is 35.5 Å². The molecule has 0 aromatic heterocycles. The zero-order chi connectivity index (χ0) is 29.1. The van der Waals surface area contributed by atoms with E-state index in [4.69, 9.17) is 5.73 Å². The number of Topliss-reactive ketones (excluding diaryl/α,β-unsaturated/α-hetero) is 4. The predicted molar refractivity (Wildman–Crippen MR) is 143 cm³/mol. The van der Waals surface area contributed by atoms with Crippen molar-refractivity contribution in [1.29, 1.82) is 0 Å². The molecule has 9 heteroatoms. The number of aromatic hydroxyl groups is 1. The van der Waals surface area contributed by atoms with E-state index in [0.29, 0.717) is 11.1 Å². The van der Waals surface area contributed by atoms with Crippen LogP contribution in [-0.2, 0) is 32.0 Å². The average molecular weight is 543 g/mol. The van der Waals surface area contributed by atoms with Crippen LogP contribution in [0.25, 0.3) is 0 Å². The van der Waals surface area contributed by atoms with Gasteiger partial charge in [-0.2, -0.15) is 0 Å². The number of fused-ring (bicyclic) bond motifs is 3. The normalized spacial score (nSPS) is 29.3. The molecule has 2 unspecified atom stereocenters. The Balaban J connectivity index is 1.60. The van der Waals surface area contributed by atoms with Crippen molar-refractivity contribution in [2.24, 2.45) is 29.4 Å². The molecule has 2 aromatic rings. The number of nitrogens with two attached hydrogens (primary N) is 1. The number of hydrogen-bond acceptors (Lipinski definition) is 8. The molecule has 0 aliphatic heterocycles. The van der Waals surface area contributed by atoms with Gasteiger partial charge in [0.25, 0.3) is 0 Å². The second-order valence-corrected chi connectivity index (χ2v) is 11.1. The summed E-state index contributed by atoms with van der Waals surface area (Å²) in [6.07, 6.45) is 1.01. The molecule has 40 heavy (non-hydrogen) atoms. The Morgan fingerprint density at radius 3 is 2.48 bits per heavy atom. The molecule has 2 saturated carbocycles. The maximum atomic E-state index is 13.9. The van der Waals surface area contributed by atoms with Crippen LogP contribution >= 0.6 is 0 Å². The van der Waals surface area contributed by atoms with Crippen molar-refractivity contribution in [2.45, 2.75) is 37.8 Å². The topological polar surface area (TPSA) is 155 Å². The number of hydrogen-bond donors (Lipinski definition) is 3. The molecule has 0 radical (unpaired) electrons. The van der Waals surface area contributed by atoms with Crippen LogP contribution in [0.2, 0.25) is 0 Å². The molecule has 2 fully saturated rings. The molecule has 0 heterocycles. The van der Waals surface area contributed by atoms with Gasteiger partial charge in [0.1, 0.15) is 5.75 Å². The van der Waals surface area contributed by atoms with E-state index >= 15 is 0 Å². The number of nitrogens with zero attached hydrogens (tertiary/aromatic N) is 1. The molecule has 4 N–H and O–H groups in total. The number of likely N-dealkylation sites (N-methyl/N-ethyl adjacent to an activating group) is 1. The van der Waals surface area contributed by atoms with Crippen LogP contribution in [0.1, 0.15) is 46.0 Å². The molecule has 206 valence electrons. The lowest BCUT2D eigenvalue weighted by molar-refractivity contribution is -0.181. The third-order valence-electron chi connectivity index (χ3n) is 8.62. The fourth-order valence-corrected chi connectivity index (χ4v) is 6.73. The van der Waals surface area contributed by atoms with Crippen LogP contribution in [0.15, 0.2) is 36.4 Å². The van der Waals surface area contributed by atoms with Gasteiger partial charge in [0.15, 0.2) is 34.7 Å². The fraction of sp³-hybridized carbons (Fsp3) is 0.387. The van der Waals surface area contributed by atoms with Gasteiger partial charge in [0, 0.05) is 17.0 Å². The quantitative estimate of drug-likeness (QED) is 0.381. The summed E-state index contributed by atoms with van der Waals surface area (Å²) in [6, 6.07) is 9.57. The summed E-state index contributed by atoms with van der Waals surface area (Å²) in [5.41, 5.74) is 5.44. The zero-order valence-corrected chi connectivity index (χ0v) is 22.4. The summed E-state index contributed by atoms with van der Waals surface area (Å²) in [7, 11) is 3.10. The van der Waals surface area contributed by atoms with Gasteiger partial charge < -0.3 is 15.9 Å². The third kappa shape index (κ3) is 3.98. The van der Waals surface area contributed by atoms with Crippen LogP contribution < -0.4 is 5.73 Å². The molecule has 0 spiro atoms. The standard InChI is InChI=1S/C31H30N2O7/c1-4-15-6-5-7-16(12-15)8-9-17-10-11-21(34)23-19(17)13-18-14-20-25(33(2)3)27(36)24(30(32)39)29(38)31(20,40)28(37)22(18)26(23)35/h5-7,10-12,18,20,22,24-25,34,40H,4,13-14H2,1-3H3,(H2,32,39)/t18-,20-,22?,24?,25-,31-/m1/s1. The number of rotatable bonds is 3. The number of benzene rings is 2. The lowest BCUT2D eigenvalue weighted by Gasteiger charge is -2.52. The summed E-state index contributed by atoms with van der Waals surface area (Å²) >= 11 is 0. The summed E-state index contributed by atoms with van der Waals surface area (Å²) in [6.45, 7) is 2.04. The van der Waals surface area contributed by atoms with Crippen molar-refractivity contribution < 1.29 is 34.2 Å². The Bertz CT molecular complexity index is 1550. The van der Waals surface area contributed by atoms with Gasteiger partial charge >= 0.3 is 0 Å². The zero-order valence-electron chi connectivity index (χ0n) is 22.4. The number of aryl methyl sites for hydroxylation is 1. The number of amides is 1. The van der Waals surface area contributed by atoms with Crippen molar-refractivity contribution in [3.63, 3.8) is 0 Å². The predicted octanol–water partition coefficient (Wildman–Crippen LogP) is 0.829. The number of primary amides is 1. The van der Waals surface area contributed by atoms with Crippen molar-refractivity contribution in [2.75, 3.05) is 14.1 Å². The fourth-order valence-electron chi connectivity index (χ4n) is 6.73. The monoisotopic (exact) mass is 542 g/mol. The molecule has 0 saturated heterocycles. The molecule has 0 bridgehead atoms. The molecule has 1 amide bonds. The number of ketones is 4. The molecule has 3 aliphatic carbocycles. The molecular weight excluding hydrogens is 512 g/mol. The van der Waals surface area contributed by atoms with Crippen LogP contribution in [0.5, 0.6) is 5.75 Å². The first kappa shape index (κ1) is 27.4. The number of phenols is 1. The third-order valence-corrected chi connectivity index (χ3v) is 8.62. The lowest BCUT2D eigenvalue weighted by Crippen LogP contribution is -2.74. The SMILES string of the molecule is CCc1cccc(C#Cc2ccc(O)c3c2C[C@@H]2C[C@@H]4[C@@H](N(C)C)C(=O)C(C(N)=O)C(=O)[C@]4(O)C(=O)C2C3=O)c1. The maximum Gasteiger partial charge on any atom is 0.235 e. The molecular formula is C31H30N2O7. The lowest BCUT2D eigenvalue weighted by atomic mass is 9.52. The van der Waals surface area contributed by atoms with Crippen LogP contribution in [0.4, 0.5) is 0 Å². The van der Waals surface area contributed by atoms with Crippen molar-refractivity contribution >= 4 is 29.0 Å². The average Bonchev–Trinajstić information content (AvgIpc) is 2.90. The summed E-state index contributed by atoms with van der Waals surface area (Å²) in [4.78, 5) is 67.7. The van der Waals surface area contributed by atoms with E-state index < -0.39 is 64.4 Å². The summed E-state index contributed by atoms with van der Waals surface area (Å²) in [5, 5.41) is 22.3. The van der Waals surface area contributed by atoms with Gasteiger partial charge in [-0.05, 0) is 74.7 Å². The van der Waals surface area contributed by atoms with Crippen LogP contribution in [0.3, 0.4) is 0 Å². The number of aliphatic hydroxyl groups is 1. The highest BCUT2D eigenvalue weighted by Gasteiger charge is 2.69. The van der Waals surface area contributed by atoms with E-state index in [1.54, 1.807) is 20.2 Å².